The summed E-state index contributed by atoms with van der Waals surface area (Å²) in [5, 5.41) is 0. The molecule has 0 saturated heterocycles. The minimum absolute atomic E-state index is 0. The van der Waals surface area contributed by atoms with Crippen molar-refractivity contribution in [3.63, 3.8) is 0 Å². The average molecular weight is 137 g/mol. The Morgan fingerprint density at radius 3 is 2.00 bits per heavy atom. The third-order valence-electron chi connectivity index (χ3n) is 1.18. The zero-order valence-electron chi connectivity index (χ0n) is 6.00. The van der Waals surface area contributed by atoms with Crippen LogP contribution in [0.25, 0.3) is 0 Å². The van der Waals surface area contributed by atoms with Crippen molar-refractivity contribution in [2.75, 3.05) is 0 Å². The largest absolute Gasteiger partial charge is 0.344 e. The first kappa shape index (κ1) is 8.85. The third-order valence-corrected chi connectivity index (χ3v) is 1.18. The van der Waals surface area contributed by atoms with Gasteiger partial charge in [-0.2, -0.15) is 0 Å². The van der Waals surface area contributed by atoms with E-state index in [0.717, 1.165) is 5.56 Å². The number of ketones is 1. The molecule has 0 aromatic heterocycles. The minimum Gasteiger partial charge on any atom is -0.344 e. The highest BCUT2D eigenvalue weighted by molar-refractivity contribution is 5.93. The van der Waals surface area contributed by atoms with Crippen LogP contribution in [0.3, 0.4) is 0 Å². The molecule has 0 atom stereocenters. The summed E-state index contributed by atoms with van der Waals surface area (Å²) < 4.78 is 0. The van der Waals surface area contributed by atoms with Gasteiger partial charge in [-0.05, 0) is 6.92 Å². The zero-order valence-corrected chi connectivity index (χ0v) is 6.00. The highest BCUT2D eigenvalue weighted by Gasteiger charge is 1.92. The molecule has 1 rings (SSSR count). The summed E-state index contributed by atoms with van der Waals surface area (Å²) in [5.74, 6) is 0.121. The summed E-state index contributed by atoms with van der Waals surface area (Å²) in [6.45, 7) is 1.56. The maximum Gasteiger partial charge on any atom is 0.159 e. The van der Waals surface area contributed by atoms with Gasteiger partial charge in [0.05, 0.1) is 0 Å². The molecular formula is C8H11NO. The van der Waals surface area contributed by atoms with E-state index in [1.165, 1.54) is 0 Å². The second-order valence-corrected chi connectivity index (χ2v) is 1.92. The molecule has 0 radical (unpaired) electrons. The Kier molecular flexibility index (Phi) is 3.36. The lowest BCUT2D eigenvalue weighted by molar-refractivity contribution is 0.101. The van der Waals surface area contributed by atoms with Crippen LogP contribution in [0.4, 0.5) is 0 Å². The van der Waals surface area contributed by atoms with Crippen LogP contribution in [0.1, 0.15) is 17.3 Å². The molecule has 2 nitrogen and oxygen atoms in total. The van der Waals surface area contributed by atoms with Gasteiger partial charge in [0.25, 0.3) is 0 Å². The van der Waals surface area contributed by atoms with Gasteiger partial charge in [-0.3, -0.25) is 4.79 Å². The molecule has 10 heavy (non-hydrogen) atoms. The number of Topliss-reactive ketones (excluding diaryl/α,β-unsaturated/α-hetero) is 1. The van der Waals surface area contributed by atoms with Crippen LogP contribution in [0.15, 0.2) is 30.3 Å². The topological polar surface area (TPSA) is 52.1 Å². The van der Waals surface area contributed by atoms with Crippen LogP contribution in [-0.2, 0) is 0 Å². The van der Waals surface area contributed by atoms with Crippen molar-refractivity contribution in [3.05, 3.63) is 35.9 Å². The van der Waals surface area contributed by atoms with E-state index in [9.17, 15) is 4.79 Å². The van der Waals surface area contributed by atoms with Crippen LogP contribution in [-0.4, -0.2) is 5.78 Å². The first-order chi connectivity index (χ1) is 4.30. The van der Waals surface area contributed by atoms with E-state index >= 15 is 0 Å². The van der Waals surface area contributed by atoms with E-state index in [-0.39, 0.29) is 11.9 Å². The standard InChI is InChI=1S/C8H8O.H3N/c1-7(9)8-5-3-2-4-6-8;/h2-6H,1H3;1H3. The van der Waals surface area contributed by atoms with Gasteiger partial charge in [-0.25, -0.2) is 0 Å². The molecule has 0 saturated carbocycles. The number of hydrogen-bond donors (Lipinski definition) is 1. The predicted molar refractivity (Wildman–Crippen MR) is 41.5 cm³/mol. The molecule has 0 bridgehead atoms. The fourth-order valence-corrected chi connectivity index (χ4v) is 0.673. The first-order valence-electron chi connectivity index (χ1n) is 2.86. The summed E-state index contributed by atoms with van der Waals surface area (Å²) in [6.07, 6.45) is 0. The van der Waals surface area contributed by atoms with Gasteiger partial charge in [0.2, 0.25) is 0 Å². The summed E-state index contributed by atoms with van der Waals surface area (Å²) in [4.78, 5) is 10.6. The van der Waals surface area contributed by atoms with Crippen LogP contribution >= 0.6 is 0 Å². The lowest BCUT2D eigenvalue weighted by Crippen LogP contribution is -1.88. The molecule has 0 fully saturated rings. The monoisotopic (exact) mass is 137 g/mol. The van der Waals surface area contributed by atoms with Crippen molar-refractivity contribution in [1.29, 1.82) is 0 Å². The van der Waals surface area contributed by atoms with E-state index in [2.05, 4.69) is 0 Å². The van der Waals surface area contributed by atoms with Gasteiger partial charge < -0.3 is 6.15 Å². The molecule has 2 heteroatoms. The molecule has 0 aliphatic heterocycles. The Morgan fingerprint density at radius 2 is 1.70 bits per heavy atom. The molecule has 0 spiro atoms. The SMILES string of the molecule is CC(=O)c1ccccc1.N. The van der Waals surface area contributed by atoms with Crippen LogP contribution in [0.5, 0.6) is 0 Å². The Labute approximate surface area is 60.5 Å². The van der Waals surface area contributed by atoms with E-state index < -0.39 is 0 Å². The van der Waals surface area contributed by atoms with Gasteiger partial charge in [0.1, 0.15) is 0 Å². The summed E-state index contributed by atoms with van der Waals surface area (Å²) in [5.41, 5.74) is 0.775. The van der Waals surface area contributed by atoms with Crippen molar-refractivity contribution in [1.82, 2.24) is 6.15 Å². The molecule has 0 unspecified atom stereocenters. The highest BCUT2D eigenvalue weighted by atomic mass is 16.1. The summed E-state index contributed by atoms with van der Waals surface area (Å²) in [7, 11) is 0. The summed E-state index contributed by atoms with van der Waals surface area (Å²) >= 11 is 0. The van der Waals surface area contributed by atoms with Gasteiger partial charge in [0, 0.05) is 5.56 Å². The van der Waals surface area contributed by atoms with E-state index in [1.807, 2.05) is 30.3 Å². The van der Waals surface area contributed by atoms with Gasteiger partial charge in [0.15, 0.2) is 5.78 Å². The van der Waals surface area contributed by atoms with E-state index in [4.69, 9.17) is 0 Å². The molecule has 0 aliphatic carbocycles. The van der Waals surface area contributed by atoms with Crippen molar-refractivity contribution in [2.45, 2.75) is 6.92 Å². The first-order valence-corrected chi connectivity index (χ1v) is 2.86. The smallest absolute Gasteiger partial charge is 0.159 e. The van der Waals surface area contributed by atoms with Crippen molar-refractivity contribution < 1.29 is 4.79 Å². The van der Waals surface area contributed by atoms with Crippen molar-refractivity contribution in [2.24, 2.45) is 0 Å². The fraction of sp³-hybridized carbons (Fsp3) is 0.125. The molecule has 0 heterocycles. The second kappa shape index (κ2) is 3.80. The molecule has 1 aromatic carbocycles. The predicted octanol–water partition coefficient (Wildman–Crippen LogP) is 2.05. The lowest BCUT2D eigenvalue weighted by Gasteiger charge is -1.89. The Balaban J connectivity index is 0.000000810. The lowest BCUT2D eigenvalue weighted by atomic mass is 10.2. The Morgan fingerprint density at radius 1 is 1.20 bits per heavy atom. The number of carbonyl (C=O) groups is 1. The molecule has 0 aliphatic rings. The second-order valence-electron chi connectivity index (χ2n) is 1.92. The van der Waals surface area contributed by atoms with E-state index in [0.29, 0.717) is 0 Å². The zero-order chi connectivity index (χ0) is 6.69. The van der Waals surface area contributed by atoms with Crippen LogP contribution < -0.4 is 6.15 Å². The number of carbonyl (C=O) groups excluding carboxylic acids is 1. The minimum atomic E-state index is 0. The molecule has 54 valence electrons. The van der Waals surface area contributed by atoms with E-state index in [1.54, 1.807) is 6.92 Å². The molecular weight excluding hydrogens is 126 g/mol. The van der Waals surface area contributed by atoms with Crippen molar-refractivity contribution >= 4 is 5.78 Å². The Bertz CT molecular complexity index is 206. The van der Waals surface area contributed by atoms with Crippen LogP contribution in [0.2, 0.25) is 0 Å². The normalized spacial score (nSPS) is 8.10. The maximum absolute atomic E-state index is 10.6. The van der Waals surface area contributed by atoms with Gasteiger partial charge in [-0.15, -0.1) is 0 Å². The third kappa shape index (κ3) is 1.99. The average Bonchev–Trinajstić information content (AvgIpc) is 1.90. The van der Waals surface area contributed by atoms with Gasteiger partial charge in [-0.1, -0.05) is 30.3 Å². The number of benzene rings is 1. The highest BCUT2D eigenvalue weighted by Crippen LogP contribution is 1.97. The number of hydrogen-bond acceptors (Lipinski definition) is 2. The number of rotatable bonds is 1. The van der Waals surface area contributed by atoms with Crippen molar-refractivity contribution in [3.8, 4) is 0 Å². The maximum atomic E-state index is 10.6. The Hall–Kier alpha value is -1.15. The quantitative estimate of drug-likeness (QED) is 0.602. The van der Waals surface area contributed by atoms with Crippen LogP contribution in [0, 0.1) is 0 Å². The fourth-order valence-electron chi connectivity index (χ4n) is 0.673. The molecule has 0 amide bonds. The molecule has 3 N–H and O–H groups in total. The summed E-state index contributed by atoms with van der Waals surface area (Å²) in [6, 6.07) is 9.23. The van der Waals surface area contributed by atoms with Gasteiger partial charge >= 0.3 is 0 Å². The molecule has 1 aromatic rings.